The highest BCUT2D eigenvalue weighted by Gasteiger charge is 2.22. The van der Waals surface area contributed by atoms with Crippen molar-refractivity contribution in [2.24, 2.45) is 0 Å². The van der Waals surface area contributed by atoms with E-state index in [0.717, 1.165) is 83.5 Å². The zero-order chi connectivity index (χ0) is 54.1. The Kier molecular flexibility index (Phi) is 53.5. The second-order valence-electron chi connectivity index (χ2n) is 21.6. The molecule has 0 radical (unpaired) electrons. The molecule has 0 fully saturated rings. The summed E-state index contributed by atoms with van der Waals surface area (Å²) < 4.78 is 22.7. The molecular weight excluding hydrogens is 923 g/mol. The summed E-state index contributed by atoms with van der Waals surface area (Å²) in [5, 5.41) is 11.8. The van der Waals surface area contributed by atoms with Crippen molar-refractivity contribution < 1.29 is 42.9 Å². The highest BCUT2D eigenvalue weighted by atomic mass is 16.7. The van der Waals surface area contributed by atoms with Crippen molar-refractivity contribution in [3.8, 4) is 0 Å². The smallest absolute Gasteiger partial charge is 0.306 e. The van der Waals surface area contributed by atoms with Gasteiger partial charge in [0.15, 0.2) is 12.4 Å². The number of carboxylic acid groups (broad SMARTS) is 1. The zero-order valence-electron chi connectivity index (χ0n) is 48.7. The van der Waals surface area contributed by atoms with E-state index in [-0.39, 0.29) is 32.2 Å². The number of allylic oxidation sites excluding steroid dienone is 12. The lowest BCUT2D eigenvalue weighted by Gasteiger charge is -2.26. The number of ether oxygens (including phenoxy) is 4. The molecule has 0 spiro atoms. The summed E-state index contributed by atoms with van der Waals surface area (Å²) >= 11 is 0. The van der Waals surface area contributed by atoms with Crippen molar-refractivity contribution in [1.82, 2.24) is 0 Å². The highest BCUT2D eigenvalue weighted by Crippen LogP contribution is 2.17. The van der Waals surface area contributed by atoms with E-state index in [1.807, 2.05) is 21.1 Å². The van der Waals surface area contributed by atoms with Crippen molar-refractivity contribution in [2.75, 3.05) is 47.5 Å². The van der Waals surface area contributed by atoms with Crippen molar-refractivity contribution in [3.05, 3.63) is 72.9 Å². The summed E-state index contributed by atoms with van der Waals surface area (Å²) in [5.74, 6) is -2.28. The molecule has 2 atom stereocenters. The molecule has 0 amide bonds. The number of unbranched alkanes of at least 4 members (excludes halogenated alkanes) is 29. The maximum absolute atomic E-state index is 12.9. The molecule has 0 saturated carbocycles. The van der Waals surface area contributed by atoms with Gasteiger partial charge in [0.05, 0.1) is 40.3 Å². The van der Waals surface area contributed by atoms with Gasteiger partial charge in [-0.3, -0.25) is 9.59 Å². The standard InChI is InChI=1S/C65H115NO8/c1-6-8-10-12-14-16-18-20-22-24-26-28-29-30-31-32-33-34-35-36-38-40-42-44-46-48-50-52-54-56-63(68)74-61(60-73-65(64(69)70)71-58-57-66(3,4)5)59-72-62(67)55-53-51-49-47-45-43-41-39-37-27-25-23-21-19-17-15-13-11-9-7-2/h8,10,14,16,20,22,26,28,30-31,33-34,61,65H,6-7,9,11-13,15,17-19,21,23-25,27,29,32,35-60H2,1-5H3/b10-8-,16-14-,22-20-,28-26-,31-30-,34-33-. The minimum absolute atomic E-state index is 0.146. The number of carboxylic acids is 1. The van der Waals surface area contributed by atoms with Gasteiger partial charge in [0, 0.05) is 12.8 Å². The van der Waals surface area contributed by atoms with Gasteiger partial charge >= 0.3 is 11.9 Å². The van der Waals surface area contributed by atoms with Gasteiger partial charge in [0.2, 0.25) is 0 Å². The van der Waals surface area contributed by atoms with Gasteiger partial charge in [-0.2, -0.15) is 0 Å². The Morgan fingerprint density at radius 2 is 0.770 bits per heavy atom. The van der Waals surface area contributed by atoms with Crippen LogP contribution in [-0.4, -0.2) is 82.3 Å². The number of nitrogens with zero attached hydrogens (tertiary/aromatic N) is 1. The molecular formula is C65H115NO8. The normalized spacial score (nSPS) is 13.3. The number of carbonyl (C=O) groups excluding carboxylic acids is 3. The second-order valence-corrected chi connectivity index (χ2v) is 21.6. The minimum atomic E-state index is -1.62. The van der Waals surface area contributed by atoms with Gasteiger partial charge in [-0.25, -0.2) is 0 Å². The molecule has 0 saturated heterocycles. The largest absolute Gasteiger partial charge is 0.545 e. The molecule has 0 aliphatic carbocycles. The molecule has 9 heteroatoms. The van der Waals surface area contributed by atoms with Gasteiger partial charge < -0.3 is 33.3 Å². The lowest BCUT2D eigenvalue weighted by atomic mass is 10.0. The van der Waals surface area contributed by atoms with E-state index in [4.69, 9.17) is 18.9 Å². The van der Waals surface area contributed by atoms with Crippen LogP contribution in [0.2, 0.25) is 0 Å². The minimum Gasteiger partial charge on any atom is -0.545 e. The molecule has 9 nitrogen and oxygen atoms in total. The van der Waals surface area contributed by atoms with E-state index in [0.29, 0.717) is 23.9 Å². The summed E-state index contributed by atoms with van der Waals surface area (Å²) in [6, 6.07) is 0. The quantitative estimate of drug-likeness (QED) is 0.0195. The molecule has 0 aromatic rings. The molecule has 0 aliphatic rings. The van der Waals surface area contributed by atoms with Crippen LogP contribution < -0.4 is 5.11 Å². The Bertz CT molecular complexity index is 1440. The van der Waals surface area contributed by atoms with E-state index < -0.39 is 24.3 Å². The number of aliphatic carboxylic acids is 1. The fourth-order valence-corrected chi connectivity index (χ4v) is 8.54. The molecule has 0 rings (SSSR count). The Morgan fingerprint density at radius 1 is 0.419 bits per heavy atom. The van der Waals surface area contributed by atoms with E-state index in [1.165, 1.54) is 148 Å². The predicted molar refractivity (Wildman–Crippen MR) is 311 cm³/mol. The van der Waals surface area contributed by atoms with Crippen molar-refractivity contribution in [2.45, 2.75) is 277 Å². The van der Waals surface area contributed by atoms with Crippen LogP contribution in [0.1, 0.15) is 264 Å². The first-order valence-corrected chi connectivity index (χ1v) is 30.6. The first-order chi connectivity index (χ1) is 36.1. The van der Waals surface area contributed by atoms with Crippen LogP contribution in [0.4, 0.5) is 0 Å². The third-order valence-electron chi connectivity index (χ3n) is 13.2. The van der Waals surface area contributed by atoms with Crippen LogP contribution in [-0.2, 0) is 33.3 Å². The molecule has 2 unspecified atom stereocenters. The fourth-order valence-electron chi connectivity index (χ4n) is 8.54. The summed E-state index contributed by atoms with van der Waals surface area (Å²) in [6.45, 7) is 4.66. The monoisotopic (exact) mass is 1040 g/mol. The molecule has 0 aromatic heterocycles. The van der Waals surface area contributed by atoms with Crippen LogP contribution in [0.5, 0.6) is 0 Å². The van der Waals surface area contributed by atoms with Gasteiger partial charge in [-0.05, 0) is 64.2 Å². The van der Waals surface area contributed by atoms with Crippen LogP contribution >= 0.6 is 0 Å². The number of likely N-dealkylation sites (N-methyl/N-ethyl adjacent to an activating group) is 1. The maximum Gasteiger partial charge on any atom is 0.306 e. The van der Waals surface area contributed by atoms with Gasteiger partial charge in [0.25, 0.3) is 0 Å². The molecule has 0 aromatic carbocycles. The molecule has 0 aliphatic heterocycles. The third-order valence-corrected chi connectivity index (χ3v) is 13.2. The highest BCUT2D eigenvalue weighted by molar-refractivity contribution is 5.70. The molecule has 0 heterocycles. The fraction of sp³-hybridized carbons (Fsp3) is 0.769. The average Bonchev–Trinajstić information content (AvgIpc) is 3.37. The molecule has 0 N–H and O–H groups in total. The Morgan fingerprint density at radius 3 is 1.15 bits per heavy atom. The SMILES string of the molecule is CC/C=C\C/C=C\C/C=C\C/C=C\C/C=C\C/C=C\CCCCCCCCCCCCC(=O)OC(COC(=O)CCCCCCCCCCCCCCCCCCCCCC)COC(OCC[N+](C)(C)C)C(=O)[O-]. The van der Waals surface area contributed by atoms with E-state index in [2.05, 4.69) is 86.8 Å². The summed E-state index contributed by atoms with van der Waals surface area (Å²) in [7, 11) is 5.92. The number of quaternary nitrogens is 1. The number of hydrogen-bond acceptors (Lipinski definition) is 8. The molecule has 0 bridgehead atoms. The molecule has 74 heavy (non-hydrogen) atoms. The number of hydrogen-bond donors (Lipinski definition) is 0. The van der Waals surface area contributed by atoms with Crippen LogP contribution in [0.3, 0.4) is 0 Å². The summed E-state index contributed by atoms with van der Waals surface area (Å²) in [6.07, 6.45) is 69.5. The average molecular weight is 1040 g/mol. The number of carbonyl (C=O) groups is 3. The lowest BCUT2D eigenvalue weighted by molar-refractivity contribution is -0.870. The maximum atomic E-state index is 12.9. The first kappa shape index (κ1) is 70.7. The topological polar surface area (TPSA) is 111 Å². The first-order valence-electron chi connectivity index (χ1n) is 30.6. The van der Waals surface area contributed by atoms with Crippen LogP contribution in [0, 0.1) is 0 Å². The summed E-state index contributed by atoms with van der Waals surface area (Å²) in [5.41, 5.74) is 0. The zero-order valence-corrected chi connectivity index (χ0v) is 48.7. The number of esters is 2. The van der Waals surface area contributed by atoms with Gasteiger partial charge in [-0.15, -0.1) is 0 Å². The van der Waals surface area contributed by atoms with Gasteiger partial charge in [0.1, 0.15) is 13.2 Å². The summed E-state index contributed by atoms with van der Waals surface area (Å²) in [4.78, 5) is 37.3. The van der Waals surface area contributed by atoms with Crippen LogP contribution in [0.25, 0.3) is 0 Å². The van der Waals surface area contributed by atoms with Crippen molar-refractivity contribution in [1.29, 1.82) is 0 Å². The third kappa shape index (κ3) is 56.5. The number of rotatable bonds is 56. The Balaban J connectivity index is 4.22. The predicted octanol–water partition coefficient (Wildman–Crippen LogP) is 16.8. The van der Waals surface area contributed by atoms with E-state index in [9.17, 15) is 19.5 Å². The van der Waals surface area contributed by atoms with Crippen molar-refractivity contribution >= 4 is 17.9 Å². The van der Waals surface area contributed by atoms with Crippen LogP contribution in [0.15, 0.2) is 72.9 Å². The Labute approximate surface area is 456 Å². The van der Waals surface area contributed by atoms with Gasteiger partial charge in [-0.1, -0.05) is 260 Å². The molecule has 428 valence electrons. The van der Waals surface area contributed by atoms with E-state index >= 15 is 0 Å². The lowest BCUT2D eigenvalue weighted by Crippen LogP contribution is -2.44. The Hall–Kier alpha value is -3.27. The van der Waals surface area contributed by atoms with Crippen molar-refractivity contribution in [3.63, 3.8) is 0 Å². The van der Waals surface area contributed by atoms with E-state index in [1.54, 1.807) is 0 Å². The second kappa shape index (κ2) is 55.9.